The third-order valence-corrected chi connectivity index (χ3v) is 6.10. The molecule has 0 saturated carbocycles. The van der Waals surface area contributed by atoms with E-state index >= 15 is 0 Å². The first-order valence-electron chi connectivity index (χ1n) is 8.72. The Bertz CT molecular complexity index is 706. The molecular weight excluding hydrogens is 427 g/mol. The largest absolute Gasteiger partial charge is 0.383 e. The zero-order valence-electron chi connectivity index (χ0n) is 16.2. The van der Waals surface area contributed by atoms with Crippen LogP contribution in [0.1, 0.15) is 6.42 Å². The topological polar surface area (TPSA) is 91.0 Å². The number of hydrogen-bond donors (Lipinski definition) is 2. The second kappa shape index (κ2) is 13.3. The molecule has 1 aliphatic rings. The first-order valence-corrected chi connectivity index (χ1v) is 10.2. The molecule has 0 bridgehead atoms. The van der Waals surface area contributed by atoms with Gasteiger partial charge >= 0.3 is 0 Å². The summed E-state index contributed by atoms with van der Waals surface area (Å²) in [4.78, 5) is 14.3. The number of ether oxygens (including phenoxy) is 1. The third-order valence-electron chi connectivity index (χ3n) is 4.20. The predicted octanol–water partition coefficient (Wildman–Crippen LogP) is 1.03. The van der Waals surface area contributed by atoms with Crippen molar-refractivity contribution < 1.29 is 17.9 Å². The summed E-state index contributed by atoms with van der Waals surface area (Å²) in [6.45, 7) is 3.80. The van der Waals surface area contributed by atoms with Crippen LogP contribution in [0.5, 0.6) is 0 Å². The van der Waals surface area contributed by atoms with Crippen molar-refractivity contribution in [2.24, 2.45) is 0 Å². The minimum atomic E-state index is -3.57. The van der Waals surface area contributed by atoms with Gasteiger partial charge in [-0.2, -0.15) is 4.31 Å². The maximum atomic E-state index is 12.9. The van der Waals surface area contributed by atoms with Crippen LogP contribution in [0.4, 0.5) is 5.69 Å². The van der Waals surface area contributed by atoms with Gasteiger partial charge in [-0.1, -0.05) is 6.07 Å². The molecule has 2 rings (SSSR count). The predicted molar refractivity (Wildman–Crippen MR) is 115 cm³/mol. The Morgan fingerprint density at radius 3 is 2.64 bits per heavy atom. The minimum Gasteiger partial charge on any atom is -0.383 e. The van der Waals surface area contributed by atoms with E-state index in [0.717, 1.165) is 13.0 Å². The van der Waals surface area contributed by atoms with Gasteiger partial charge in [0.25, 0.3) is 0 Å². The fourth-order valence-corrected chi connectivity index (χ4v) is 4.24. The normalized spacial score (nSPS) is 15.8. The van der Waals surface area contributed by atoms with Gasteiger partial charge in [-0.3, -0.25) is 4.79 Å². The monoisotopic (exact) mass is 456 g/mol. The molecule has 0 aromatic heterocycles. The van der Waals surface area contributed by atoms with E-state index < -0.39 is 10.0 Å². The van der Waals surface area contributed by atoms with Crippen LogP contribution in [0.15, 0.2) is 29.2 Å². The molecule has 28 heavy (non-hydrogen) atoms. The average Bonchev–Trinajstić information content (AvgIpc) is 2.84. The number of hydrogen-bond acceptors (Lipinski definition) is 6. The number of sulfonamides is 1. The van der Waals surface area contributed by atoms with Gasteiger partial charge in [-0.25, -0.2) is 8.42 Å². The van der Waals surface area contributed by atoms with Crippen molar-refractivity contribution in [2.45, 2.75) is 11.3 Å². The Balaban J connectivity index is 0.00000364. The number of halogens is 2. The maximum absolute atomic E-state index is 12.9. The van der Waals surface area contributed by atoms with E-state index in [1.165, 1.54) is 10.4 Å². The van der Waals surface area contributed by atoms with Crippen LogP contribution in [-0.2, 0) is 19.6 Å². The van der Waals surface area contributed by atoms with Gasteiger partial charge in [0, 0.05) is 39.0 Å². The van der Waals surface area contributed by atoms with Gasteiger partial charge in [0.15, 0.2) is 0 Å². The lowest BCUT2D eigenvalue weighted by Gasteiger charge is -2.20. The van der Waals surface area contributed by atoms with Crippen molar-refractivity contribution in [1.82, 2.24) is 14.5 Å². The highest BCUT2D eigenvalue weighted by Gasteiger charge is 2.26. The number of likely N-dealkylation sites (N-methyl/N-ethyl adjacent to an activating group) is 1. The molecule has 1 aromatic carbocycles. The molecule has 162 valence electrons. The minimum absolute atomic E-state index is 0. The summed E-state index contributed by atoms with van der Waals surface area (Å²) >= 11 is 0. The van der Waals surface area contributed by atoms with Gasteiger partial charge in [-0.05, 0) is 38.2 Å². The van der Waals surface area contributed by atoms with E-state index in [-0.39, 0.29) is 42.2 Å². The van der Waals surface area contributed by atoms with Gasteiger partial charge in [0.2, 0.25) is 15.9 Å². The fraction of sp³-hybridized carbons (Fsp3) is 0.588. The molecule has 0 atom stereocenters. The van der Waals surface area contributed by atoms with Crippen LogP contribution in [0.2, 0.25) is 0 Å². The quantitative estimate of drug-likeness (QED) is 0.567. The second-order valence-electron chi connectivity index (χ2n) is 6.31. The Labute approximate surface area is 179 Å². The van der Waals surface area contributed by atoms with Crippen molar-refractivity contribution >= 4 is 46.4 Å². The Kier molecular flexibility index (Phi) is 12.9. The molecule has 1 aromatic rings. The van der Waals surface area contributed by atoms with Crippen LogP contribution < -0.4 is 10.6 Å². The van der Waals surface area contributed by atoms with Crippen LogP contribution in [0.25, 0.3) is 0 Å². The molecule has 1 heterocycles. The molecule has 1 amide bonds. The summed E-state index contributed by atoms with van der Waals surface area (Å²) in [5.41, 5.74) is 0.469. The van der Waals surface area contributed by atoms with Gasteiger partial charge in [0.05, 0.1) is 18.0 Å². The van der Waals surface area contributed by atoms with Gasteiger partial charge in [-0.15, -0.1) is 24.8 Å². The zero-order valence-corrected chi connectivity index (χ0v) is 18.7. The molecule has 0 radical (unpaired) electrons. The number of nitrogens with zero attached hydrogens (tertiary/aromatic N) is 2. The first kappa shape index (κ1) is 27.1. The van der Waals surface area contributed by atoms with E-state index in [1.807, 2.05) is 7.05 Å². The van der Waals surface area contributed by atoms with E-state index in [1.54, 1.807) is 25.3 Å². The van der Waals surface area contributed by atoms with Gasteiger partial charge in [0.1, 0.15) is 0 Å². The Morgan fingerprint density at radius 1 is 1.18 bits per heavy atom. The zero-order chi connectivity index (χ0) is 19.0. The second-order valence-corrected chi connectivity index (χ2v) is 8.24. The average molecular weight is 457 g/mol. The van der Waals surface area contributed by atoms with Crippen molar-refractivity contribution in [3.63, 3.8) is 0 Å². The first-order chi connectivity index (χ1) is 12.4. The van der Waals surface area contributed by atoms with Crippen molar-refractivity contribution in [1.29, 1.82) is 0 Å². The number of amides is 1. The summed E-state index contributed by atoms with van der Waals surface area (Å²) < 4.78 is 32.2. The molecule has 0 aliphatic carbocycles. The summed E-state index contributed by atoms with van der Waals surface area (Å²) in [5.74, 6) is -0.230. The van der Waals surface area contributed by atoms with Crippen molar-refractivity contribution in [2.75, 3.05) is 65.3 Å². The summed E-state index contributed by atoms with van der Waals surface area (Å²) in [5, 5.41) is 5.67. The smallest absolute Gasteiger partial charge is 0.243 e. The fourth-order valence-electron chi connectivity index (χ4n) is 2.73. The number of benzene rings is 1. The van der Waals surface area contributed by atoms with Crippen molar-refractivity contribution in [3.05, 3.63) is 24.3 Å². The number of methoxy groups -OCH3 is 1. The molecule has 2 N–H and O–H groups in total. The lowest BCUT2D eigenvalue weighted by molar-refractivity contribution is -0.115. The standard InChI is InChI=1S/C17H28N4O4S.2ClH/c1-20-8-4-9-21(11-10-20)26(23,24)16-6-3-5-15(13-16)19-17(22)14-18-7-12-25-2;;/h3,5-6,13,18H,4,7-12,14H2,1-2H3,(H,19,22);2*1H. The lowest BCUT2D eigenvalue weighted by atomic mass is 10.3. The molecule has 11 heteroatoms. The number of anilines is 1. The lowest BCUT2D eigenvalue weighted by Crippen LogP contribution is -2.34. The van der Waals surface area contributed by atoms with Crippen LogP contribution >= 0.6 is 24.8 Å². The van der Waals surface area contributed by atoms with Crippen molar-refractivity contribution in [3.8, 4) is 0 Å². The molecule has 0 unspecified atom stereocenters. The summed E-state index contributed by atoms with van der Waals surface area (Å²) in [6.07, 6.45) is 0.805. The van der Waals surface area contributed by atoms with E-state index in [0.29, 0.717) is 38.5 Å². The maximum Gasteiger partial charge on any atom is 0.243 e. The van der Waals surface area contributed by atoms with E-state index in [2.05, 4.69) is 15.5 Å². The highest BCUT2D eigenvalue weighted by atomic mass is 35.5. The molecule has 1 fully saturated rings. The van der Waals surface area contributed by atoms with Crippen LogP contribution in [0.3, 0.4) is 0 Å². The van der Waals surface area contributed by atoms with E-state index in [9.17, 15) is 13.2 Å². The van der Waals surface area contributed by atoms with Gasteiger partial charge < -0.3 is 20.3 Å². The van der Waals surface area contributed by atoms with Crippen LogP contribution in [-0.4, -0.2) is 83.6 Å². The summed E-state index contributed by atoms with van der Waals surface area (Å²) in [7, 11) is 0.0181. The molecular formula is C17H30Cl2N4O4S. The van der Waals surface area contributed by atoms with Crippen LogP contribution in [0, 0.1) is 0 Å². The SMILES string of the molecule is COCCNCC(=O)Nc1cccc(S(=O)(=O)N2CCCN(C)CC2)c1.Cl.Cl. The molecule has 8 nitrogen and oxygen atoms in total. The molecule has 0 spiro atoms. The Hall–Kier alpha value is -0.940. The molecule has 1 aliphatic heterocycles. The number of carbonyl (C=O) groups excluding carboxylic acids is 1. The third kappa shape index (κ3) is 8.20. The highest BCUT2D eigenvalue weighted by molar-refractivity contribution is 7.89. The number of nitrogens with one attached hydrogen (secondary N) is 2. The summed E-state index contributed by atoms with van der Waals surface area (Å²) in [6, 6.07) is 6.40. The number of rotatable bonds is 8. The number of carbonyl (C=O) groups is 1. The Morgan fingerprint density at radius 2 is 1.93 bits per heavy atom. The van der Waals surface area contributed by atoms with E-state index in [4.69, 9.17) is 4.74 Å². The highest BCUT2D eigenvalue weighted by Crippen LogP contribution is 2.20. The molecule has 1 saturated heterocycles.